The van der Waals surface area contributed by atoms with Crippen LogP contribution in [0.1, 0.15) is 5.76 Å². The molecule has 0 saturated heterocycles. The minimum Gasteiger partial charge on any atom is -0.497 e. The van der Waals surface area contributed by atoms with Crippen LogP contribution in [0.15, 0.2) is 82.6 Å². The molecule has 2 heterocycles. The molecule has 30 heavy (non-hydrogen) atoms. The van der Waals surface area contributed by atoms with Crippen molar-refractivity contribution in [2.75, 3.05) is 12.9 Å². The molecule has 0 aliphatic heterocycles. The number of nitrogens with zero attached hydrogens (tertiary/aromatic N) is 3. The zero-order valence-corrected chi connectivity index (χ0v) is 17.1. The van der Waals surface area contributed by atoms with E-state index >= 15 is 0 Å². The molecular formula is C22H20N4O3S. The van der Waals surface area contributed by atoms with E-state index in [9.17, 15) is 4.79 Å². The maximum Gasteiger partial charge on any atom is 0.230 e. The van der Waals surface area contributed by atoms with Gasteiger partial charge in [0.05, 0.1) is 25.7 Å². The minimum absolute atomic E-state index is 0.109. The number of hydrogen-bond acceptors (Lipinski definition) is 6. The van der Waals surface area contributed by atoms with Crippen molar-refractivity contribution in [3.8, 4) is 22.8 Å². The van der Waals surface area contributed by atoms with Crippen LogP contribution in [0.5, 0.6) is 5.75 Å². The van der Waals surface area contributed by atoms with Crippen LogP contribution >= 0.6 is 11.8 Å². The molecule has 0 aliphatic carbocycles. The van der Waals surface area contributed by atoms with Gasteiger partial charge in [0.2, 0.25) is 5.91 Å². The third-order valence-electron chi connectivity index (χ3n) is 4.37. The Bertz CT molecular complexity index is 1090. The van der Waals surface area contributed by atoms with Crippen molar-refractivity contribution in [3.63, 3.8) is 0 Å². The summed E-state index contributed by atoms with van der Waals surface area (Å²) in [4.78, 5) is 12.3. The SMILES string of the molecule is COc1ccc(-n2c(SCC(=O)NCc3ccco3)nnc2-c2ccccc2)cc1. The molecule has 8 heteroatoms. The van der Waals surface area contributed by atoms with Crippen LogP contribution in [0, 0.1) is 0 Å². The number of benzene rings is 2. The quantitative estimate of drug-likeness (QED) is 0.435. The van der Waals surface area contributed by atoms with E-state index in [4.69, 9.17) is 9.15 Å². The Labute approximate surface area is 178 Å². The van der Waals surface area contributed by atoms with Gasteiger partial charge in [0.15, 0.2) is 11.0 Å². The zero-order valence-electron chi connectivity index (χ0n) is 16.3. The molecule has 0 spiro atoms. The third-order valence-corrected chi connectivity index (χ3v) is 5.30. The molecule has 0 saturated carbocycles. The second-order valence-electron chi connectivity index (χ2n) is 6.35. The van der Waals surface area contributed by atoms with Gasteiger partial charge in [-0.05, 0) is 36.4 Å². The van der Waals surface area contributed by atoms with E-state index in [1.165, 1.54) is 11.8 Å². The van der Waals surface area contributed by atoms with E-state index in [1.54, 1.807) is 19.4 Å². The molecule has 7 nitrogen and oxygen atoms in total. The number of rotatable bonds is 8. The van der Waals surface area contributed by atoms with E-state index in [1.807, 2.05) is 65.2 Å². The van der Waals surface area contributed by atoms with Crippen LogP contribution < -0.4 is 10.1 Å². The van der Waals surface area contributed by atoms with Gasteiger partial charge >= 0.3 is 0 Å². The molecule has 0 radical (unpaired) electrons. The summed E-state index contributed by atoms with van der Waals surface area (Å²) in [6.45, 7) is 0.354. The summed E-state index contributed by atoms with van der Waals surface area (Å²) in [7, 11) is 1.63. The lowest BCUT2D eigenvalue weighted by molar-refractivity contribution is -0.118. The monoisotopic (exact) mass is 420 g/mol. The summed E-state index contributed by atoms with van der Waals surface area (Å²) in [5, 5.41) is 12.2. The van der Waals surface area contributed by atoms with Crippen molar-refractivity contribution in [2.45, 2.75) is 11.7 Å². The van der Waals surface area contributed by atoms with Crippen molar-refractivity contribution < 1.29 is 13.9 Å². The molecule has 152 valence electrons. The van der Waals surface area contributed by atoms with E-state index in [-0.39, 0.29) is 11.7 Å². The lowest BCUT2D eigenvalue weighted by atomic mass is 10.2. The molecule has 1 amide bonds. The summed E-state index contributed by atoms with van der Waals surface area (Å²) < 4.78 is 12.4. The number of ether oxygens (including phenoxy) is 1. The number of amides is 1. The highest BCUT2D eigenvalue weighted by atomic mass is 32.2. The molecule has 0 atom stereocenters. The van der Waals surface area contributed by atoms with Gasteiger partial charge in [-0.1, -0.05) is 42.1 Å². The fourth-order valence-corrected chi connectivity index (χ4v) is 3.66. The van der Waals surface area contributed by atoms with Crippen LogP contribution in [0.3, 0.4) is 0 Å². The number of nitrogens with one attached hydrogen (secondary N) is 1. The van der Waals surface area contributed by atoms with Crippen LogP contribution in [-0.2, 0) is 11.3 Å². The van der Waals surface area contributed by atoms with E-state index in [0.717, 1.165) is 17.0 Å². The van der Waals surface area contributed by atoms with Crippen molar-refractivity contribution in [2.24, 2.45) is 0 Å². The Hall–Kier alpha value is -3.52. The second kappa shape index (κ2) is 9.32. The molecule has 4 aromatic rings. The maximum atomic E-state index is 12.3. The Morgan fingerprint density at radius 3 is 2.57 bits per heavy atom. The van der Waals surface area contributed by atoms with Crippen LogP contribution in [-0.4, -0.2) is 33.5 Å². The normalized spacial score (nSPS) is 10.7. The zero-order chi connectivity index (χ0) is 20.8. The lowest BCUT2D eigenvalue weighted by Crippen LogP contribution is -2.24. The van der Waals surface area contributed by atoms with Gasteiger partial charge in [-0.3, -0.25) is 9.36 Å². The number of thioether (sulfide) groups is 1. The van der Waals surface area contributed by atoms with Crippen LogP contribution in [0.25, 0.3) is 17.1 Å². The third kappa shape index (κ3) is 4.55. The number of carbonyl (C=O) groups excluding carboxylic acids is 1. The second-order valence-corrected chi connectivity index (χ2v) is 7.29. The number of furan rings is 1. The Morgan fingerprint density at radius 2 is 1.87 bits per heavy atom. The van der Waals surface area contributed by atoms with Crippen molar-refractivity contribution >= 4 is 17.7 Å². The van der Waals surface area contributed by atoms with Crippen molar-refractivity contribution in [1.82, 2.24) is 20.1 Å². The number of aromatic nitrogens is 3. The largest absolute Gasteiger partial charge is 0.497 e. The maximum absolute atomic E-state index is 12.3. The average molecular weight is 420 g/mol. The standard InChI is InChI=1S/C22H20N4O3S/c1-28-18-11-9-17(10-12-18)26-21(16-6-3-2-4-7-16)24-25-22(26)30-15-20(27)23-14-19-8-5-13-29-19/h2-13H,14-15H2,1H3,(H,23,27). The molecule has 0 fully saturated rings. The summed E-state index contributed by atoms with van der Waals surface area (Å²) in [6, 6.07) is 21.1. The van der Waals surface area contributed by atoms with Gasteiger partial charge in [0, 0.05) is 11.3 Å². The first-order valence-electron chi connectivity index (χ1n) is 9.32. The summed E-state index contributed by atoms with van der Waals surface area (Å²) in [5.41, 5.74) is 1.83. The van der Waals surface area contributed by atoms with Gasteiger partial charge in [0.25, 0.3) is 0 Å². The minimum atomic E-state index is -0.109. The van der Waals surface area contributed by atoms with Crippen molar-refractivity contribution in [3.05, 3.63) is 78.8 Å². The first kappa shape index (κ1) is 19.8. The predicted octanol–water partition coefficient (Wildman–Crippen LogP) is 3.94. The molecule has 0 bridgehead atoms. The molecular weight excluding hydrogens is 400 g/mol. The average Bonchev–Trinajstić information content (AvgIpc) is 3.47. The molecule has 2 aromatic carbocycles. The Kier molecular flexibility index (Phi) is 6.14. The fraction of sp³-hybridized carbons (Fsp3) is 0.136. The predicted molar refractivity (Wildman–Crippen MR) is 115 cm³/mol. The topological polar surface area (TPSA) is 82.2 Å². The molecule has 4 rings (SSSR count). The summed E-state index contributed by atoms with van der Waals surface area (Å²) >= 11 is 1.33. The van der Waals surface area contributed by atoms with Crippen LogP contribution in [0.4, 0.5) is 0 Å². The first-order valence-corrected chi connectivity index (χ1v) is 10.3. The van der Waals surface area contributed by atoms with E-state index in [0.29, 0.717) is 23.3 Å². The highest BCUT2D eigenvalue weighted by Gasteiger charge is 2.17. The van der Waals surface area contributed by atoms with E-state index < -0.39 is 0 Å². The van der Waals surface area contributed by atoms with Crippen LogP contribution in [0.2, 0.25) is 0 Å². The van der Waals surface area contributed by atoms with Gasteiger partial charge < -0.3 is 14.5 Å². The lowest BCUT2D eigenvalue weighted by Gasteiger charge is -2.11. The van der Waals surface area contributed by atoms with Crippen molar-refractivity contribution in [1.29, 1.82) is 0 Å². The highest BCUT2D eigenvalue weighted by Crippen LogP contribution is 2.28. The van der Waals surface area contributed by atoms with Gasteiger partial charge in [-0.2, -0.15) is 0 Å². The molecule has 2 aromatic heterocycles. The van der Waals surface area contributed by atoms with Gasteiger partial charge in [0.1, 0.15) is 11.5 Å². The molecule has 0 aliphatic rings. The fourth-order valence-electron chi connectivity index (χ4n) is 2.88. The van der Waals surface area contributed by atoms with Gasteiger partial charge in [-0.25, -0.2) is 0 Å². The first-order chi connectivity index (χ1) is 14.7. The summed E-state index contributed by atoms with van der Waals surface area (Å²) in [6.07, 6.45) is 1.58. The number of hydrogen-bond donors (Lipinski definition) is 1. The van der Waals surface area contributed by atoms with Gasteiger partial charge in [-0.15, -0.1) is 10.2 Å². The molecule has 1 N–H and O–H groups in total. The Morgan fingerprint density at radius 1 is 1.07 bits per heavy atom. The smallest absolute Gasteiger partial charge is 0.230 e. The number of carbonyl (C=O) groups is 1. The number of methoxy groups -OCH3 is 1. The van der Waals surface area contributed by atoms with E-state index in [2.05, 4.69) is 15.5 Å². The summed E-state index contributed by atoms with van der Waals surface area (Å²) in [5.74, 6) is 2.28. The highest BCUT2D eigenvalue weighted by molar-refractivity contribution is 7.99. The molecule has 0 unspecified atom stereocenters. The Balaban J connectivity index is 1.56.